The molecule has 12 heteroatoms. The lowest BCUT2D eigenvalue weighted by molar-refractivity contribution is -0.128. The number of aromatic nitrogens is 4. The number of benzene rings is 2. The molecule has 2 aromatic carbocycles. The van der Waals surface area contributed by atoms with E-state index in [-0.39, 0.29) is 35.6 Å². The third-order valence-corrected chi connectivity index (χ3v) is 10.0. The maximum Gasteiger partial charge on any atom is 0.334 e. The van der Waals surface area contributed by atoms with E-state index in [9.17, 15) is 14.9 Å². The summed E-state index contributed by atoms with van der Waals surface area (Å²) >= 11 is 0. The highest BCUT2D eigenvalue weighted by atomic mass is 16.5. The second kappa shape index (κ2) is 14.4. The monoisotopic (exact) mass is 697 g/mol. The minimum atomic E-state index is -0.685. The average molecular weight is 698 g/mol. The normalized spacial score (nSPS) is 17.3. The van der Waals surface area contributed by atoms with Gasteiger partial charge in [0.05, 0.1) is 22.9 Å². The van der Waals surface area contributed by atoms with Crippen LogP contribution >= 0.6 is 0 Å². The van der Waals surface area contributed by atoms with Gasteiger partial charge in [-0.15, -0.1) is 0 Å². The van der Waals surface area contributed by atoms with Crippen molar-refractivity contribution in [2.24, 2.45) is 0 Å². The molecule has 12 nitrogen and oxygen atoms in total. The summed E-state index contributed by atoms with van der Waals surface area (Å²) in [6, 6.07) is 26.3. The first-order chi connectivity index (χ1) is 25.1. The number of piperidine rings is 1. The van der Waals surface area contributed by atoms with E-state index in [4.69, 9.17) is 15.5 Å². The summed E-state index contributed by atoms with van der Waals surface area (Å²) in [6.07, 6.45) is 4.66. The number of nitriles is 1. The Labute approximate surface area is 303 Å². The number of fused-ring (bicyclic) bond motifs is 1. The number of piperazine rings is 1. The summed E-state index contributed by atoms with van der Waals surface area (Å²) in [5.74, 6) is 2.10. The van der Waals surface area contributed by atoms with E-state index in [2.05, 4.69) is 27.9 Å². The first kappa shape index (κ1) is 34.5. The second-order valence-electron chi connectivity index (χ2n) is 14.1. The first-order valence-corrected chi connectivity index (χ1v) is 17.7. The van der Waals surface area contributed by atoms with Crippen molar-refractivity contribution in [2.75, 3.05) is 56.9 Å². The second-order valence-corrected chi connectivity index (χ2v) is 14.1. The molecule has 5 aromatic rings. The van der Waals surface area contributed by atoms with Crippen LogP contribution in [0.3, 0.4) is 0 Å². The zero-order chi connectivity index (χ0) is 36.4. The Balaban J connectivity index is 1.15. The summed E-state index contributed by atoms with van der Waals surface area (Å²) in [7, 11) is 2.12. The Bertz CT molecular complexity index is 2210. The van der Waals surface area contributed by atoms with Crippen LogP contribution in [0, 0.1) is 11.3 Å². The van der Waals surface area contributed by atoms with Crippen molar-refractivity contribution in [1.82, 2.24) is 28.9 Å². The zero-order valence-electron chi connectivity index (χ0n) is 29.8. The standard InChI is InChI=1S/C40H43N9O3/c1-40(2,34-12-7-13-35(44-34)46-23-21-45(3)22-24-46)25-28(26-41)38(50)47-20-8-9-30(27-47)48-33-18-19-43-37(42)36(33)49(39(48)51)29-14-16-32(17-15-29)52-31-10-5-4-6-11-31/h4-7,10-19,25,30H,8-9,20-24,27H2,1-3H3,(H2,42,43)/b28-25-/t30-/m1/s1. The Kier molecular flexibility index (Phi) is 9.53. The number of amides is 1. The molecule has 0 saturated carbocycles. The van der Waals surface area contributed by atoms with Gasteiger partial charge in [-0.25, -0.2) is 14.8 Å². The molecule has 3 aromatic heterocycles. The minimum absolute atomic E-state index is 0.0541. The topological polar surface area (TPSA) is 139 Å². The molecule has 0 aliphatic carbocycles. The molecule has 7 rings (SSSR count). The van der Waals surface area contributed by atoms with Crippen LogP contribution in [0.15, 0.2) is 102 Å². The molecule has 2 aliphatic rings. The van der Waals surface area contributed by atoms with Crippen molar-refractivity contribution in [3.05, 3.63) is 113 Å². The maximum atomic E-state index is 14.3. The third kappa shape index (κ3) is 6.87. The van der Waals surface area contributed by atoms with E-state index in [0.29, 0.717) is 47.6 Å². The van der Waals surface area contributed by atoms with Gasteiger partial charge in [-0.2, -0.15) is 5.26 Å². The summed E-state index contributed by atoms with van der Waals surface area (Å²) in [4.78, 5) is 43.9. The van der Waals surface area contributed by atoms with Crippen LogP contribution in [0.5, 0.6) is 11.5 Å². The van der Waals surface area contributed by atoms with Crippen molar-refractivity contribution >= 4 is 28.6 Å². The van der Waals surface area contributed by atoms with Gasteiger partial charge in [0, 0.05) is 50.9 Å². The summed E-state index contributed by atoms with van der Waals surface area (Å²) in [5.41, 5.74) is 8.02. The van der Waals surface area contributed by atoms with E-state index in [0.717, 1.165) is 37.7 Å². The minimum Gasteiger partial charge on any atom is -0.457 e. The van der Waals surface area contributed by atoms with Crippen LogP contribution in [0.2, 0.25) is 0 Å². The van der Waals surface area contributed by atoms with Crippen LogP contribution in [-0.4, -0.2) is 81.1 Å². The number of pyridine rings is 2. The lowest BCUT2D eigenvalue weighted by Crippen LogP contribution is -2.45. The predicted molar refractivity (Wildman–Crippen MR) is 202 cm³/mol. The van der Waals surface area contributed by atoms with Gasteiger partial charge in [0.15, 0.2) is 0 Å². The number of anilines is 2. The molecule has 2 aliphatic heterocycles. The molecular weight excluding hydrogens is 654 g/mol. The highest BCUT2D eigenvalue weighted by Gasteiger charge is 2.32. The van der Waals surface area contributed by atoms with Gasteiger partial charge in [0.1, 0.15) is 40.3 Å². The molecule has 1 atom stereocenters. The molecule has 0 bridgehead atoms. The predicted octanol–water partition coefficient (Wildman–Crippen LogP) is 5.30. The fraction of sp³-hybridized carbons (Fsp3) is 0.325. The van der Waals surface area contributed by atoms with E-state index < -0.39 is 5.41 Å². The Morgan fingerprint density at radius 3 is 2.42 bits per heavy atom. The molecule has 0 spiro atoms. The van der Waals surface area contributed by atoms with Gasteiger partial charge in [-0.1, -0.05) is 38.1 Å². The summed E-state index contributed by atoms with van der Waals surface area (Å²) in [5, 5.41) is 10.3. The van der Waals surface area contributed by atoms with Gasteiger partial charge in [0.25, 0.3) is 5.91 Å². The number of nitrogens with zero attached hydrogens (tertiary/aromatic N) is 8. The highest BCUT2D eigenvalue weighted by Crippen LogP contribution is 2.31. The number of imidazole rings is 1. The van der Waals surface area contributed by atoms with Crippen molar-refractivity contribution in [3.63, 3.8) is 0 Å². The number of carbonyl (C=O) groups is 1. The molecule has 2 N–H and O–H groups in total. The molecule has 266 valence electrons. The van der Waals surface area contributed by atoms with Gasteiger partial charge in [-0.3, -0.25) is 13.9 Å². The lowest BCUT2D eigenvalue weighted by Gasteiger charge is -2.34. The molecular formula is C40H43N9O3. The number of hydrogen-bond donors (Lipinski definition) is 1. The fourth-order valence-electron chi connectivity index (χ4n) is 7.16. The number of nitrogen functional groups attached to an aromatic ring is 1. The van der Waals surface area contributed by atoms with Crippen LogP contribution in [0.25, 0.3) is 16.7 Å². The summed E-state index contributed by atoms with van der Waals surface area (Å²) < 4.78 is 9.24. The molecule has 52 heavy (non-hydrogen) atoms. The number of para-hydroxylation sites is 1. The van der Waals surface area contributed by atoms with Gasteiger partial charge >= 0.3 is 5.69 Å². The van der Waals surface area contributed by atoms with Crippen molar-refractivity contribution in [1.29, 1.82) is 5.26 Å². The van der Waals surface area contributed by atoms with E-state index >= 15 is 0 Å². The van der Waals surface area contributed by atoms with E-state index in [1.807, 2.05) is 74.5 Å². The molecule has 0 radical (unpaired) electrons. The fourth-order valence-corrected chi connectivity index (χ4v) is 7.16. The van der Waals surface area contributed by atoms with E-state index in [1.54, 1.807) is 44.5 Å². The van der Waals surface area contributed by atoms with Crippen LogP contribution < -0.4 is 21.1 Å². The van der Waals surface area contributed by atoms with Crippen LogP contribution in [0.1, 0.15) is 38.4 Å². The number of carbonyl (C=O) groups excluding carboxylic acids is 1. The van der Waals surface area contributed by atoms with Gasteiger partial charge in [-0.05, 0) is 80.6 Å². The molecule has 5 heterocycles. The number of hydrogen-bond acceptors (Lipinski definition) is 9. The number of nitrogens with two attached hydrogens (primary N) is 1. The van der Waals surface area contributed by atoms with Crippen molar-refractivity contribution in [2.45, 2.75) is 38.1 Å². The van der Waals surface area contributed by atoms with Crippen molar-refractivity contribution < 1.29 is 9.53 Å². The SMILES string of the molecule is CN1CCN(c2cccc(C(C)(C)/C=C(/C#N)C(=O)N3CCC[C@@H](n4c(=O)n(-c5ccc(Oc6ccccc6)cc5)c5c(N)nccc54)C3)n2)CC1. The molecule has 2 fully saturated rings. The largest absolute Gasteiger partial charge is 0.457 e. The highest BCUT2D eigenvalue weighted by molar-refractivity contribution is 5.97. The molecule has 0 unspecified atom stereocenters. The third-order valence-electron chi connectivity index (χ3n) is 10.0. The first-order valence-electron chi connectivity index (χ1n) is 17.7. The van der Waals surface area contributed by atoms with Crippen LogP contribution in [-0.2, 0) is 10.2 Å². The van der Waals surface area contributed by atoms with E-state index in [1.165, 1.54) is 0 Å². The summed E-state index contributed by atoms with van der Waals surface area (Å²) in [6.45, 7) is 8.40. The smallest absolute Gasteiger partial charge is 0.334 e. The Morgan fingerprint density at radius 1 is 0.962 bits per heavy atom. The average Bonchev–Trinajstić information content (AvgIpc) is 3.47. The quantitative estimate of drug-likeness (QED) is 0.169. The Hall–Kier alpha value is -5.93. The number of ether oxygens (including phenoxy) is 1. The number of allylic oxidation sites excluding steroid dienone is 1. The molecule has 2 saturated heterocycles. The maximum absolute atomic E-state index is 14.3. The lowest BCUT2D eigenvalue weighted by atomic mass is 9.86. The zero-order valence-corrected chi connectivity index (χ0v) is 29.8. The molecule has 1 amide bonds. The Morgan fingerprint density at radius 2 is 1.69 bits per heavy atom. The number of likely N-dealkylation sites (tertiary alicyclic amines) is 1. The van der Waals surface area contributed by atoms with Crippen LogP contribution in [0.4, 0.5) is 11.6 Å². The number of likely N-dealkylation sites (N-methyl/N-ethyl adjacent to an activating group) is 1. The van der Waals surface area contributed by atoms with Gasteiger partial charge < -0.3 is 25.2 Å². The van der Waals surface area contributed by atoms with Gasteiger partial charge in [0.2, 0.25) is 0 Å². The van der Waals surface area contributed by atoms with Crippen molar-refractivity contribution in [3.8, 4) is 23.3 Å². The number of rotatable bonds is 8.